The highest BCUT2D eigenvalue weighted by Gasteiger charge is 2.23. The molecule has 0 radical (unpaired) electrons. The second-order valence-electron chi connectivity index (χ2n) is 4.81. The molecule has 1 aliphatic heterocycles. The standard InChI is InChI=1S/C15H18N2O2/c1-2-5-13(6-3-1)18-15-8-4-7-14(19-15)11-17-10-9-16-12-17/h1-3,5-6,9-10,12,14-15H,4,7-8,11H2. The van der Waals surface area contributed by atoms with Crippen molar-refractivity contribution >= 4 is 0 Å². The Morgan fingerprint density at radius 3 is 2.95 bits per heavy atom. The molecule has 0 spiro atoms. The van der Waals surface area contributed by atoms with Gasteiger partial charge in [0.05, 0.1) is 12.4 Å². The van der Waals surface area contributed by atoms with E-state index < -0.39 is 0 Å². The Morgan fingerprint density at radius 1 is 1.26 bits per heavy atom. The van der Waals surface area contributed by atoms with E-state index in [1.54, 1.807) is 6.20 Å². The Labute approximate surface area is 113 Å². The first-order valence-electron chi connectivity index (χ1n) is 6.73. The van der Waals surface area contributed by atoms with Gasteiger partial charge in [-0.25, -0.2) is 4.98 Å². The van der Waals surface area contributed by atoms with Gasteiger partial charge in [0.1, 0.15) is 5.75 Å². The molecular weight excluding hydrogens is 240 g/mol. The first-order chi connectivity index (χ1) is 9.40. The van der Waals surface area contributed by atoms with Crippen molar-refractivity contribution in [1.29, 1.82) is 0 Å². The molecule has 0 N–H and O–H groups in total. The van der Waals surface area contributed by atoms with Crippen molar-refractivity contribution in [3.63, 3.8) is 0 Å². The molecule has 0 aliphatic carbocycles. The number of hydrogen-bond donors (Lipinski definition) is 0. The predicted molar refractivity (Wildman–Crippen MR) is 71.8 cm³/mol. The minimum atomic E-state index is -0.135. The van der Waals surface area contributed by atoms with Crippen molar-refractivity contribution < 1.29 is 9.47 Å². The lowest BCUT2D eigenvalue weighted by Gasteiger charge is -2.30. The van der Waals surface area contributed by atoms with Crippen LogP contribution in [0, 0.1) is 0 Å². The SMILES string of the molecule is c1ccc(OC2CCCC(Cn3ccnc3)O2)cc1. The fourth-order valence-corrected chi connectivity index (χ4v) is 2.36. The van der Waals surface area contributed by atoms with E-state index in [9.17, 15) is 0 Å². The molecule has 1 saturated heterocycles. The number of para-hydroxylation sites is 1. The van der Waals surface area contributed by atoms with E-state index in [1.807, 2.05) is 42.9 Å². The zero-order valence-corrected chi connectivity index (χ0v) is 10.8. The van der Waals surface area contributed by atoms with E-state index in [0.717, 1.165) is 31.6 Å². The number of benzene rings is 1. The summed E-state index contributed by atoms with van der Waals surface area (Å²) in [4.78, 5) is 4.05. The van der Waals surface area contributed by atoms with Gasteiger partial charge in [-0.3, -0.25) is 0 Å². The van der Waals surface area contributed by atoms with Crippen LogP contribution in [0.1, 0.15) is 19.3 Å². The molecule has 100 valence electrons. The van der Waals surface area contributed by atoms with Crippen molar-refractivity contribution in [3.05, 3.63) is 49.1 Å². The molecule has 2 heterocycles. The minimum Gasteiger partial charge on any atom is -0.465 e. The summed E-state index contributed by atoms with van der Waals surface area (Å²) in [5, 5.41) is 0. The molecule has 0 bridgehead atoms. The van der Waals surface area contributed by atoms with E-state index in [2.05, 4.69) is 9.55 Å². The predicted octanol–water partition coefficient (Wildman–Crippen LogP) is 2.86. The van der Waals surface area contributed by atoms with Crippen LogP contribution >= 0.6 is 0 Å². The molecule has 1 fully saturated rings. The maximum Gasteiger partial charge on any atom is 0.200 e. The van der Waals surface area contributed by atoms with Gasteiger partial charge in [0.25, 0.3) is 0 Å². The molecular formula is C15H18N2O2. The topological polar surface area (TPSA) is 36.3 Å². The summed E-state index contributed by atoms with van der Waals surface area (Å²) in [7, 11) is 0. The van der Waals surface area contributed by atoms with Crippen LogP contribution in [0.3, 0.4) is 0 Å². The lowest BCUT2D eigenvalue weighted by atomic mass is 10.1. The van der Waals surface area contributed by atoms with Gasteiger partial charge in [0.2, 0.25) is 0 Å². The minimum absolute atomic E-state index is 0.135. The molecule has 1 aliphatic rings. The van der Waals surface area contributed by atoms with Gasteiger partial charge in [-0.05, 0) is 25.0 Å². The van der Waals surface area contributed by atoms with Crippen LogP contribution in [0.4, 0.5) is 0 Å². The summed E-state index contributed by atoms with van der Waals surface area (Å²) >= 11 is 0. The highest BCUT2D eigenvalue weighted by atomic mass is 16.7. The maximum atomic E-state index is 5.99. The van der Waals surface area contributed by atoms with Crippen molar-refractivity contribution in [1.82, 2.24) is 9.55 Å². The quantitative estimate of drug-likeness (QED) is 0.846. The molecule has 0 saturated carbocycles. The Bertz CT molecular complexity index is 484. The largest absolute Gasteiger partial charge is 0.465 e. The third-order valence-corrected chi connectivity index (χ3v) is 3.29. The lowest BCUT2D eigenvalue weighted by molar-refractivity contribution is -0.151. The molecule has 0 amide bonds. The summed E-state index contributed by atoms with van der Waals surface area (Å²) in [5.41, 5.74) is 0. The van der Waals surface area contributed by atoms with Crippen molar-refractivity contribution in [3.8, 4) is 5.75 Å². The second kappa shape index (κ2) is 5.89. The van der Waals surface area contributed by atoms with Gasteiger partial charge >= 0.3 is 0 Å². The van der Waals surface area contributed by atoms with Crippen LogP contribution in [0.2, 0.25) is 0 Å². The van der Waals surface area contributed by atoms with Gasteiger partial charge in [0.15, 0.2) is 6.29 Å². The highest BCUT2D eigenvalue weighted by Crippen LogP contribution is 2.23. The Kier molecular flexibility index (Phi) is 3.79. The van der Waals surface area contributed by atoms with Crippen LogP contribution in [0.5, 0.6) is 5.75 Å². The van der Waals surface area contributed by atoms with Crippen molar-refractivity contribution in [2.45, 2.75) is 38.2 Å². The van der Waals surface area contributed by atoms with E-state index >= 15 is 0 Å². The highest BCUT2D eigenvalue weighted by molar-refractivity contribution is 5.21. The Morgan fingerprint density at radius 2 is 2.16 bits per heavy atom. The number of aromatic nitrogens is 2. The lowest BCUT2D eigenvalue weighted by Crippen LogP contribution is -2.34. The summed E-state index contributed by atoms with van der Waals surface area (Å²) in [5.74, 6) is 0.871. The molecule has 2 aromatic rings. The van der Waals surface area contributed by atoms with Gasteiger partial charge in [0, 0.05) is 25.4 Å². The summed E-state index contributed by atoms with van der Waals surface area (Å²) in [6, 6.07) is 9.85. The number of rotatable bonds is 4. The van der Waals surface area contributed by atoms with Crippen molar-refractivity contribution in [2.24, 2.45) is 0 Å². The third kappa shape index (κ3) is 3.35. The normalized spacial score (nSPS) is 23.2. The van der Waals surface area contributed by atoms with Gasteiger partial charge in [-0.1, -0.05) is 18.2 Å². The zero-order valence-electron chi connectivity index (χ0n) is 10.8. The van der Waals surface area contributed by atoms with Gasteiger partial charge in [-0.2, -0.15) is 0 Å². The Balaban J connectivity index is 1.56. The first kappa shape index (κ1) is 12.2. The zero-order chi connectivity index (χ0) is 12.9. The van der Waals surface area contributed by atoms with E-state index in [-0.39, 0.29) is 12.4 Å². The number of imidazole rings is 1. The maximum absolute atomic E-state index is 5.99. The fraction of sp³-hybridized carbons (Fsp3) is 0.400. The number of ether oxygens (including phenoxy) is 2. The monoisotopic (exact) mass is 258 g/mol. The second-order valence-corrected chi connectivity index (χ2v) is 4.81. The van der Waals surface area contributed by atoms with E-state index in [4.69, 9.17) is 9.47 Å². The first-order valence-corrected chi connectivity index (χ1v) is 6.73. The molecule has 2 unspecified atom stereocenters. The summed E-state index contributed by atoms with van der Waals surface area (Å²) < 4.78 is 13.9. The molecule has 2 atom stereocenters. The molecule has 1 aromatic carbocycles. The summed E-state index contributed by atoms with van der Waals surface area (Å²) in [6.45, 7) is 0.842. The van der Waals surface area contributed by atoms with Crippen LogP contribution in [0.15, 0.2) is 49.1 Å². The van der Waals surface area contributed by atoms with Crippen molar-refractivity contribution in [2.75, 3.05) is 0 Å². The third-order valence-electron chi connectivity index (χ3n) is 3.29. The van der Waals surface area contributed by atoms with Crippen LogP contribution < -0.4 is 4.74 Å². The molecule has 3 rings (SSSR count). The van der Waals surface area contributed by atoms with Crippen LogP contribution in [0.25, 0.3) is 0 Å². The molecule has 4 heteroatoms. The van der Waals surface area contributed by atoms with Gasteiger partial charge in [-0.15, -0.1) is 0 Å². The average Bonchev–Trinajstić information content (AvgIpc) is 2.93. The van der Waals surface area contributed by atoms with Crippen LogP contribution in [-0.2, 0) is 11.3 Å². The van der Waals surface area contributed by atoms with E-state index in [1.165, 1.54) is 0 Å². The average molecular weight is 258 g/mol. The smallest absolute Gasteiger partial charge is 0.200 e. The number of nitrogens with zero attached hydrogens (tertiary/aromatic N) is 2. The van der Waals surface area contributed by atoms with Gasteiger partial charge < -0.3 is 14.0 Å². The molecule has 19 heavy (non-hydrogen) atoms. The summed E-state index contributed by atoms with van der Waals surface area (Å²) in [6.07, 6.45) is 8.82. The Hall–Kier alpha value is -1.81. The van der Waals surface area contributed by atoms with E-state index in [0.29, 0.717) is 0 Å². The number of hydrogen-bond acceptors (Lipinski definition) is 3. The molecule has 4 nitrogen and oxygen atoms in total. The molecule has 1 aromatic heterocycles. The fourth-order valence-electron chi connectivity index (χ4n) is 2.36. The van der Waals surface area contributed by atoms with Crippen LogP contribution in [-0.4, -0.2) is 21.9 Å².